The van der Waals surface area contributed by atoms with E-state index in [1.807, 2.05) is 17.0 Å². The Kier molecular flexibility index (Phi) is 3.84. The van der Waals surface area contributed by atoms with Crippen LogP contribution in [0.1, 0.15) is 24.2 Å². The number of carbonyl (C=O) groups excluding carboxylic acids is 1. The summed E-state index contributed by atoms with van der Waals surface area (Å²) in [6.45, 7) is 6.63. The third-order valence-electron chi connectivity index (χ3n) is 4.18. The Bertz CT molecular complexity index is 640. The standard InChI is InChI=1S/C18H21N3O/c1-18(2)14-20(16-8-4-3-5-9-16)11-12-21(18)17(22)15-7-6-10-19-13-15/h3-10,13H,11-12,14H2,1-2H3. The van der Waals surface area contributed by atoms with Crippen LogP contribution < -0.4 is 4.90 Å². The SMILES string of the molecule is CC1(C)CN(c2ccccc2)CCN1C(=O)c1cccnc1. The van der Waals surface area contributed by atoms with Crippen molar-refractivity contribution in [3.63, 3.8) is 0 Å². The molecular formula is C18H21N3O. The molecule has 1 aliphatic rings. The molecule has 0 radical (unpaired) electrons. The second-order valence-electron chi connectivity index (χ2n) is 6.27. The Morgan fingerprint density at radius 1 is 1.09 bits per heavy atom. The van der Waals surface area contributed by atoms with Gasteiger partial charge in [0, 0.05) is 37.7 Å². The van der Waals surface area contributed by atoms with Gasteiger partial charge in [0.1, 0.15) is 0 Å². The van der Waals surface area contributed by atoms with E-state index in [0.29, 0.717) is 5.56 Å². The minimum atomic E-state index is -0.221. The number of pyridine rings is 1. The van der Waals surface area contributed by atoms with E-state index >= 15 is 0 Å². The van der Waals surface area contributed by atoms with Crippen LogP contribution in [-0.2, 0) is 0 Å². The fraction of sp³-hybridized carbons (Fsp3) is 0.333. The first kappa shape index (κ1) is 14.6. The highest BCUT2D eigenvalue weighted by atomic mass is 16.2. The Morgan fingerprint density at radius 2 is 1.86 bits per heavy atom. The number of para-hydroxylation sites is 1. The molecule has 1 fully saturated rings. The first-order valence-electron chi connectivity index (χ1n) is 7.60. The van der Waals surface area contributed by atoms with Gasteiger partial charge in [0.05, 0.1) is 11.1 Å². The summed E-state index contributed by atoms with van der Waals surface area (Å²) in [6, 6.07) is 14.0. The van der Waals surface area contributed by atoms with Gasteiger partial charge in [-0.2, -0.15) is 0 Å². The largest absolute Gasteiger partial charge is 0.367 e. The number of anilines is 1. The molecule has 0 aliphatic carbocycles. The third-order valence-corrected chi connectivity index (χ3v) is 4.18. The fourth-order valence-electron chi connectivity index (χ4n) is 3.04. The van der Waals surface area contributed by atoms with Crippen LogP contribution in [0.2, 0.25) is 0 Å². The number of carbonyl (C=O) groups is 1. The van der Waals surface area contributed by atoms with Crippen LogP contribution in [0, 0.1) is 0 Å². The lowest BCUT2D eigenvalue weighted by Gasteiger charge is -2.48. The second-order valence-corrected chi connectivity index (χ2v) is 6.27. The quantitative estimate of drug-likeness (QED) is 0.855. The normalized spacial score (nSPS) is 17.4. The van der Waals surface area contributed by atoms with Crippen molar-refractivity contribution in [1.82, 2.24) is 9.88 Å². The summed E-state index contributed by atoms with van der Waals surface area (Å²) >= 11 is 0. The minimum absolute atomic E-state index is 0.0609. The lowest BCUT2D eigenvalue weighted by molar-refractivity contribution is 0.0514. The Hall–Kier alpha value is -2.36. The van der Waals surface area contributed by atoms with Gasteiger partial charge in [0.2, 0.25) is 0 Å². The Morgan fingerprint density at radius 3 is 2.50 bits per heavy atom. The maximum Gasteiger partial charge on any atom is 0.255 e. The predicted octanol–water partition coefficient (Wildman–Crippen LogP) is 2.82. The molecular weight excluding hydrogens is 274 g/mol. The zero-order valence-electron chi connectivity index (χ0n) is 13.1. The molecule has 2 aromatic rings. The first-order chi connectivity index (χ1) is 10.6. The molecule has 0 N–H and O–H groups in total. The van der Waals surface area contributed by atoms with Crippen molar-refractivity contribution in [2.24, 2.45) is 0 Å². The Balaban J connectivity index is 1.78. The maximum absolute atomic E-state index is 12.7. The lowest BCUT2D eigenvalue weighted by Crippen LogP contribution is -2.61. The van der Waals surface area contributed by atoms with Gasteiger partial charge < -0.3 is 9.80 Å². The van der Waals surface area contributed by atoms with Crippen LogP contribution in [0.25, 0.3) is 0 Å². The van der Waals surface area contributed by atoms with Gasteiger partial charge in [0.15, 0.2) is 0 Å². The molecule has 1 aromatic carbocycles. The van der Waals surface area contributed by atoms with Crippen LogP contribution in [0.3, 0.4) is 0 Å². The molecule has 3 rings (SSSR count). The van der Waals surface area contributed by atoms with Crippen molar-refractivity contribution in [2.75, 3.05) is 24.5 Å². The zero-order chi connectivity index (χ0) is 15.6. The molecule has 1 aliphatic heterocycles. The van der Waals surface area contributed by atoms with Crippen LogP contribution in [0.4, 0.5) is 5.69 Å². The van der Waals surface area contributed by atoms with Crippen LogP contribution >= 0.6 is 0 Å². The zero-order valence-corrected chi connectivity index (χ0v) is 13.1. The predicted molar refractivity (Wildman–Crippen MR) is 88.0 cm³/mol. The van der Waals surface area contributed by atoms with Crippen molar-refractivity contribution in [3.05, 3.63) is 60.4 Å². The molecule has 0 bridgehead atoms. The molecule has 0 saturated carbocycles. The summed E-state index contributed by atoms with van der Waals surface area (Å²) in [6.07, 6.45) is 3.33. The molecule has 0 atom stereocenters. The van der Waals surface area contributed by atoms with Crippen molar-refractivity contribution >= 4 is 11.6 Å². The monoisotopic (exact) mass is 295 g/mol. The van der Waals surface area contributed by atoms with Gasteiger partial charge in [-0.05, 0) is 38.1 Å². The van der Waals surface area contributed by atoms with E-state index in [9.17, 15) is 4.79 Å². The fourth-order valence-corrected chi connectivity index (χ4v) is 3.04. The molecule has 1 aromatic heterocycles. The Labute approximate surface area is 131 Å². The van der Waals surface area contributed by atoms with Gasteiger partial charge in [-0.1, -0.05) is 18.2 Å². The van der Waals surface area contributed by atoms with Crippen molar-refractivity contribution in [2.45, 2.75) is 19.4 Å². The average molecular weight is 295 g/mol. The highest BCUT2D eigenvalue weighted by Gasteiger charge is 2.37. The highest BCUT2D eigenvalue weighted by Crippen LogP contribution is 2.26. The van der Waals surface area contributed by atoms with E-state index in [4.69, 9.17) is 0 Å². The number of hydrogen-bond donors (Lipinski definition) is 0. The van der Waals surface area contributed by atoms with Gasteiger partial charge >= 0.3 is 0 Å². The van der Waals surface area contributed by atoms with E-state index < -0.39 is 0 Å². The van der Waals surface area contributed by atoms with E-state index in [1.165, 1.54) is 5.69 Å². The maximum atomic E-state index is 12.7. The topological polar surface area (TPSA) is 36.4 Å². The summed E-state index contributed by atoms with van der Waals surface area (Å²) < 4.78 is 0. The minimum Gasteiger partial charge on any atom is -0.367 e. The number of rotatable bonds is 2. The first-order valence-corrected chi connectivity index (χ1v) is 7.60. The number of amides is 1. The van der Waals surface area contributed by atoms with Crippen LogP contribution in [-0.4, -0.2) is 41.0 Å². The average Bonchev–Trinajstić information content (AvgIpc) is 2.55. The summed E-state index contributed by atoms with van der Waals surface area (Å²) in [5, 5.41) is 0. The summed E-state index contributed by atoms with van der Waals surface area (Å²) in [4.78, 5) is 21.1. The summed E-state index contributed by atoms with van der Waals surface area (Å²) in [5.74, 6) is 0.0609. The molecule has 0 spiro atoms. The van der Waals surface area contributed by atoms with Crippen LogP contribution in [0.15, 0.2) is 54.9 Å². The van der Waals surface area contributed by atoms with E-state index in [-0.39, 0.29) is 11.4 Å². The molecule has 0 unspecified atom stereocenters. The number of nitrogens with zero attached hydrogens (tertiary/aromatic N) is 3. The summed E-state index contributed by atoms with van der Waals surface area (Å²) in [5.41, 5.74) is 1.65. The molecule has 114 valence electrons. The van der Waals surface area contributed by atoms with Crippen molar-refractivity contribution in [3.8, 4) is 0 Å². The molecule has 1 amide bonds. The lowest BCUT2D eigenvalue weighted by atomic mass is 9.97. The van der Waals surface area contributed by atoms with Gasteiger partial charge in [-0.3, -0.25) is 9.78 Å². The number of hydrogen-bond acceptors (Lipinski definition) is 3. The van der Waals surface area contributed by atoms with Gasteiger partial charge in [-0.25, -0.2) is 0 Å². The smallest absolute Gasteiger partial charge is 0.255 e. The molecule has 2 heterocycles. The molecule has 4 nitrogen and oxygen atoms in total. The third kappa shape index (κ3) is 2.82. The van der Waals surface area contributed by atoms with Gasteiger partial charge in [0.25, 0.3) is 5.91 Å². The van der Waals surface area contributed by atoms with Crippen LogP contribution in [0.5, 0.6) is 0 Å². The van der Waals surface area contributed by atoms with E-state index in [2.05, 4.69) is 48.0 Å². The van der Waals surface area contributed by atoms with Crippen molar-refractivity contribution in [1.29, 1.82) is 0 Å². The summed E-state index contributed by atoms with van der Waals surface area (Å²) in [7, 11) is 0. The molecule has 1 saturated heterocycles. The molecule has 22 heavy (non-hydrogen) atoms. The number of benzene rings is 1. The number of piperazine rings is 1. The van der Waals surface area contributed by atoms with E-state index in [1.54, 1.807) is 18.5 Å². The highest BCUT2D eigenvalue weighted by molar-refractivity contribution is 5.94. The molecule has 4 heteroatoms. The van der Waals surface area contributed by atoms with Gasteiger partial charge in [-0.15, -0.1) is 0 Å². The number of aromatic nitrogens is 1. The van der Waals surface area contributed by atoms with Crippen molar-refractivity contribution < 1.29 is 4.79 Å². The second kappa shape index (κ2) is 5.79. The van der Waals surface area contributed by atoms with E-state index in [0.717, 1.165) is 19.6 Å².